The van der Waals surface area contributed by atoms with Gasteiger partial charge in [-0.05, 0) is 37.4 Å². The maximum Gasteiger partial charge on any atom is -0.00122 e. The fourth-order valence-corrected chi connectivity index (χ4v) is 1.85. The van der Waals surface area contributed by atoms with E-state index in [4.69, 9.17) is 0 Å². The summed E-state index contributed by atoms with van der Waals surface area (Å²) in [5, 5.41) is 3.34. The lowest BCUT2D eigenvalue weighted by molar-refractivity contribution is 0.663. The molecular weight excluding hydrogens is 118 g/mol. The molecule has 48 valence electrons. The minimum atomic E-state index is 0.963. The maximum absolute atomic E-state index is 3.34. The van der Waals surface area contributed by atoms with Gasteiger partial charge >= 0.3 is 0 Å². The first kappa shape index (κ1) is 6.43. The highest BCUT2D eigenvalue weighted by molar-refractivity contribution is 7.98. The van der Waals surface area contributed by atoms with Crippen molar-refractivity contribution >= 4 is 11.8 Å². The summed E-state index contributed by atoms with van der Waals surface area (Å²) < 4.78 is 0. The Hall–Kier alpha value is 0.310. The molecule has 0 amide bonds. The van der Waals surface area contributed by atoms with Crippen molar-refractivity contribution in [2.75, 3.05) is 25.1 Å². The highest BCUT2D eigenvalue weighted by Gasteiger charge is 2.12. The van der Waals surface area contributed by atoms with Gasteiger partial charge < -0.3 is 5.32 Å². The van der Waals surface area contributed by atoms with Crippen molar-refractivity contribution < 1.29 is 0 Å². The summed E-state index contributed by atoms with van der Waals surface area (Å²) >= 11 is 1.96. The quantitative estimate of drug-likeness (QED) is 0.599. The van der Waals surface area contributed by atoms with Gasteiger partial charge in [-0.2, -0.15) is 11.8 Å². The first-order valence-corrected chi connectivity index (χ1v) is 4.52. The van der Waals surface area contributed by atoms with Gasteiger partial charge in [-0.15, -0.1) is 0 Å². The van der Waals surface area contributed by atoms with E-state index >= 15 is 0 Å². The Balaban J connectivity index is 2.06. The maximum atomic E-state index is 3.34. The van der Waals surface area contributed by atoms with E-state index in [1.54, 1.807) is 0 Å². The predicted octanol–water partition coefficient (Wildman–Crippen LogP) is 0.959. The Kier molecular flexibility index (Phi) is 2.70. The van der Waals surface area contributed by atoms with Crippen molar-refractivity contribution in [1.82, 2.24) is 5.32 Å². The number of rotatable bonds is 2. The van der Waals surface area contributed by atoms with E-state index in [-0.39, 0.29) is 0 Å². The Morgan fingerprint density at radius 2 is 2.62 bits per heavy atom. The van der Waals surface area contributed by atoms with Crippen molar-refractivity contribution in [3.05, 3.63) is 0 Å². The lowest BCUT2D eigenvalue weighted by atomic mass is 10.2. The van der Waals surface area contributed by atoms with Crippen LogP contribution in [0.2, 0.25) is 0 Å². The third-order valence-electron chi connectivity index (χ3n) is 1.56. The highest BCUT2D eigenvalue weighted by atomic mass is 32.2. The topological polar surface area (TPSA) is 12.0 Å². The van der Waals surface area contributed by atoms with Gasteiger partial charge in [0.15, 0.2) is 0 Å². The van der Waals surface area contributed by atoms with Gasteiger partial charge in [0.25, 0.3) is 0 Å². The van der Waals surface area contributed by atoms with E-state index in [9.17, 15) is 0 Å². The van der Waals surface area contributed by atoms with Crippen LogP contribution >= 0.6 is 11.8 Å². The molecule has 0 aliphatic carbocycles. The minimum absolute atomic E-state index is 0.963. The molecule has 2 heteroatoms. The van der Waals surface area contributed by atoms with E-state index in [1.165, 1.54) is 25.3 Å². The largest absolute Gasteiger partial charge is 0.316 e. The van der Waals surface area contributed by atoms with Crippen LogP contribution in [0.5, 0.6) is 0 Å². The van der Waals surface area contributed by atoms with Crippen LogP contribution in [-0.2, 0) is 0 Å². The third kappa shape index (κ3) is 1.67. The number of thioether (sulfide) groups is 1. The van der Waals surface area contributed by atoms with Gasteiger partial charge in [0.05, 0.1) is 0 Å². The molecule has 1 aliphatic heterocycles. The lowest BCUT2D eigenvalue weighted by Gasteiger charge is -2.02. The Morgan fingerprint density at radius 3 is 3.12 bits per heavy atom. The van der Waals surface area contributed by atoms with Gasteiger partial charge in [0, 0.05) is 0 Å². The Bertz CT molecular complexity index is 59.5. The van der Waals surface area contributed by atoms with Crippen LogP contribution in [0, 0.1) is 5.92 Å². The second-order valence-electron chi connectivity index (χ2n) is 2.31. The zero-order chi connectivity index (χ0) is 5.82. The third-order valence-corrected chi connectivity index (χ3v) is 2.37. The molecule has 1 aliphatic rings. The first-order chi connectivity index (χ1) is 3.93. The number of nitrogens with one attached hydrogen (secondary N) is 1. The summed E-state index contributed by atoms with van der Waals surface area (Å²) in [6.07, 6.45) is 3.57. The second-order valence-corrected chi connectivity index (χ2v) is 3.22. The Morgan fingerprint density at radius 1 is 1.75 bits per heavy atom. The zero-order valence-electron chi connectivity index (χ0n) is 5.31. The molecule has 0 unspecified atom stereocenters. The molecule has 1 N–H and O–H groups in total. The molecule has 1 fully saturated rings. The molecular formula is C6H13NS. The highest BCUT2D eigenvalue weighted by Crippen LogP contribution is 2.11. The number of hydrogen-bond acceptors (Lipinski definition) is 2. The molecule has 0 aromatic heterocycles. The molecule has 8 heavy (non-hydrogen) atoms. The second kappa shape index (κ2) is 3.36. The van der Waals surface area contributed by atoms with E-state index < -0.39 is 0 Å². The summed E-state index contributed by atoms with van der Waals surface area (Å²) in [5.41, 5.74) is 0. The van der Waals surface area contributed by atoms with Crippen LogP contribution in [0.3, 0.4) is 0 Å². The van der Waals surface area contributed by atoms with Crippen molar-refractivity contribution in [1.29, 1.82) is 0 Å². The van der Waals surface area contributed by atoms with Crippen LogP contribution in [-0.4, -0.2) is 25.1 Å². The fraction of sp³-hybridized carbons (Fsp3) is 1.00. The monoisotopic (exact) mass is 131 g/mol. The van der Waals surface area contributed by atoms with Crippen molar-refractivity contribution in [3.63, 3.8) is 0 Å². The predicted molar refractivity (Wildman–Crippen MR) is 39.4 cm³/mol. The van der Waals surface area contributed by atoms with Crippen LogP contribution in [0.15, 0.2) is 0 Å². The van der Waals surface area contributed by atoms with Gasteiger partial charge in [-0.3, -0.25) is 0 Å². The van der Waals surface area contributed by atoms with Crippen molar-refractivity contribution in [2.45, 2.75) is 6.42 Å². The van der Waals surface area contributed by atoms with Crippen LogP contribution < -0.4 is 5.32 Å². The fourth-order valence-electron chi connectivity index (χ4n) is 1.09. The van der Waals surface area contributed by atoms with Crippen LogP contribution in [0.1, 0.15) is 6.42 Å². The smallest absolute Gasteiger partial charge is 0.00122 e. The zero-order valence-corrected chi connectivity index (χ0v) is 6.13. The summed E-state index contributed by atoms with van der Waals surface area (Å²) in [4.78, 5) is 0. The number of hydrogen-bond donors (Lipinski definition) is 1. The molecule has 0 bridgehead atoms. The molecule has 0 aromatic rings. The van der Waals surface area contributed by atoms with E-state index in [0.29, 0.717) is 0 Å². The molecule has 0 spiro atoms. The van der Waals surface area contributed by atoms with Gasteiger partial charge in [0.2, 0.25) is 0 Å². The summed E-state index contributed by atoms with van der Waals surface area (Å²) in [6, 6.07) is 0. The molecule has 1 nitrogen and oxygen atoms in total. The standard InChI is InChI=1S/C6H13NS/c1-8-5-6-2-3-7-4-6/h6-7H,2-5H2,1H3/t6-/m1/s1. The van der Waals surface area contributed by atoms with Crippen LogP contribution in [0.25, 0.3) is 0 Å². The van der Waals surface area contributed by atoms with Crippen molar-refractivity contribution in [2.24, 2.45) is 5.92 Å². The molecule has 0 saturated carbocycles. The van der Waals surface area contributed by atoms with E-state index in [2.05, 4.69) is 11.6 Å². The normalized spacial score (nSPS) is 28.9. The van der Waals surface area contributed by atoms with Gasteiger partial charge in [-0.1, -0.05) is 0 Å². The molecule has 0 radical (unpaired) electrons. The Labute approximate surface area is 55.2 Å². The summed E-state index contributed by atoms with van der Waals surface area (Å²) in [6.45, 7) is 2.49. The van der Waals surface area contributed by atoms with E-state index in [1.807, 2.05) is 11.8 Å². The average Bonchev–Trinajstić information content (AvgIpc) is 2.19. The average molecular weight is 131 g/mol. The molecule has 0 aromatic carbocycles. The van der Waals surface area contributed by atoms with Crippen molar-refractivity contribution in [3.8, 4) is 0 Å². The van der Waals surface area contributed by atoms with Gasteiger partial charge in [0.1, 0.15) is 0 Å². The molecule has 1 heterocycles. The SMILES string of the molecule is CSC[C@@H]1CCNC1. The molecule has 1 atom stereocenters. The van der Waals surface area contributed by atoms with Gasteiger partial charge in [-0.25, -0.2) is 0 Å². The first-order valence-electron chi connectivity index (χ1n) is 3.13. The van der Waals surface area contributed by atoms with Crippen LogP contribution in [0.4, 0.5) is 0 Å². The van der Waals surface area contributed by atoms with E-state index in [0.717, 1.165) is 5.92 Å². The summed E-state index contributed by atoms with van der Waals surface area (Å²) in [5.74, 6) is 2.30. The lowest BCUT2D eigenvalue weighted by Crippen LogP contribution is -2.10. The molecule has 1 rings (SSSR count). The summed E-state index contributed by atoms with van der Waals surface area (Å²) in [7, 11) is 0. The molecule has 1 saturated heterocycles. The minimum Gasteiger partial charge on any atom is -0.316 e.